The van der Waals surface area contributed by atoms with Gasteiger partial charge in [-0.2, -0.15) is 0 Å². The Labute approximate surface area is 161 Å². The van der Waals surface area contributed by atoms with Crippen molar-refractivity contribution < 1.29 is 13.2 Å². The highest BCUT2D eigenvalue weighted by molar-refractivity contribution is 7.92. The fourth-order valence-corrected chi connectivity index (χ4v) is 4.47. The van der Waals surface area contributed by atoms with Gasteiger partial charge in [0.25, 0.3) is 10.0 Å². The average Bonchev–Trinajstić information content (AvgIpc) is 2.61. The molecule has 5 nitrogen and oxygen atoms in total. The Bertz CT molecular complexity index is 1100. The molecule has 3 aromatic rings. The van der Waals surface area contributed by atoms with Crippen LogP contribution in [-0.4, -0.2) is 20.9 Å². The van der Waals surface area contributed by atoms with Crippen LogP contribution in [-0.2, 0) is 14.8 Å². The first-order valence-corrected chi connectivity index (χ1v) is 9.74. The number of primary amides is 1. The van der Waals surface area contributed by atoms with Crippen LogP contribution < -0.4 is 10.0 Å². The maximum Gasteiger partial charge on any atom is 0.264 e. The molecule has 0 unspecified atom stereocenters. The topological polar surface area (TPSA) is 80.5 Å². The van der Waals surface area contributed by atoms with Gasteiger partial charge in [0.05, 0.1) is 20.6 Å². The third-order valence-electron chi connectivity index (χ3n) is 3.81. The van der Waals surface area contributed by atoms with Crippen LogP contribution in [0, 0.1) is 0 Å². The largest absolute Gasteiger partial charge is 0.368 e. The van der Waals surface area contributed by atoms with Gasteiger partial charge in [0.2, 0.25) is 5.91 Å². The lowest BCUT2D eigenvalue weighted by molar-refractivity contribution is -0.116. The minimum absolute atomic E-state index is 0.0823. The zero-order chi connectivity index (χ0) is 18.9. The maximum atomic E-state index is 13.2. The molecule has 0 atom stereocenters. The molecule has 0 spiro atoms. The summed E-state index contributed by atoms with van der Waals surface area (Å²) in [6.45, 7) is -0.503. The van der Waals surface area contributed by atoms with Crippen LogP contribution in [0.25, 0.3) is 10.8 Å². The number of anilines is 1. The first-order chi connectivity index (χ1) is 12.3. The van der Waals surface area contributed by atoms with E-state index in [9.17, 15) is 13.2 Å². The van der Waals surface area contributed by atoms with Gasteiger partial charge in [-0.3, -0.25) is 9.10 Å². The molecule has 0 aliphatic carbocycles. The van der Waals surface area contributed by atoms with Gasteiger partial charge in [-0.05, 0) is 29.7 Å². The van der Waals surface area contributed by atoms with E-state index in [0.29, 0.717) is 11.1 Å². The van der Waals surface area contributed by atoms with Gasteiger partial charge in [0.15, 0.2) is 0 Å². The summed E-state index contributed by atoms with van der Waals surface area (Å²) in [5, 5.41) is 1.85. The second-order valence-corrected chi connectivity index (χ2v) is 8.23. The molecule has 0 fully saturated rings. The molecule has 0 aromatic heterocycles. The van der Waals surface area contributed by atoms with Crippen molar-refractivity contribution in [2.24, 2.45) is 5.73 Å². The van der Waals surface area contributed by atoms with E-state index in [0.717, 1.165) is 9.69 Å². The molecule has 0 saturated heterocycles. The quantitative estimate of drug-likeness (QED) is 0.696. The summed E-state index contributed by atoms with van der Waals surface area (Å²) in [5.74, 6) is -0.776. The number of fused-ring (bicyclic) bond motifs is 1. The van der Waals surface area contributed by atoms with Crippen molar-refractivity contribution >= 4 is 55.6 Å². The molecule has 0 heterocycles. The highest BCUT2D eigenvalue weighted by Crippen LogP contribution is 2.32. The van der Waals surface area contributed by atoms with Gasteiger partial charge in [-0.15, -0.1) is 0 Å². The van der Waals surface area contributed by atoms with E-state index in [1.807, 2.05) is 18.2 Å². The predicted octanol–water partition coefficient (Wildman–Crippen LogP) is 3.83. The first kappa shape index (κ1) is 18.5. The van der Waals surface area contributed by atoms with E-state index < -0.39 is 22.5 Å². The van der Waals surface area contributed by atoms with Gasteiger partial charge in [0, 0.05) is 5.39 Å². The minimum atomic E-state index is -4.09. The van der Waals surface area contributed by atoms with E-state index >= 15 is 0 Å². The molecule has 1 amide bonds. The number of hydrogen-bond donors (Lipinski definition) is 1. The maximum absolute atomic E-state index is 13.2. The molecule has 0 bridgehead atoms. The van der Waals surface area contributed by atoms with E-state index in [4.69, 9.17) is 28.9 Å². The number of halogens is 2. The fraction of sp³-hybridized carbons (Fsp3) is 0.0556. The summed E-state index contributed by atoms with van der Waals surface area (Å²) >= 11 is 11.8. The van der Waals surface area contributed by atoms with Gasteiger partial charge in [0.1, 0.15) is 6.54 Å². The van der Waals surface area contributed by atoms with Crippen LogP contribution in [0.1, 0.15) is 0 Å². The van der Waals surface area contributed by atoms with Crippen LogP contribution >= 0.6 is 23.2 Å². The molecule has 0 radical (unpaired) electrons. The second-order valence-electron chi connectivity index (χ2n) is 5.55. The van der Waals surface area contributed by atoms with Gasteiger partial charge >= 0.3 is 0 Å². The second kappa shape index (κ2) is 7.15. The Morgan fingerprint density at radius 3 is 2.35 bits per heavy atom. The number of sulfonamides is 1. The normalized spacial score (nSPS) is 11.5. The minimum Gasteiger partial charge on any atom is -0.368 e. The number of amides is 1. The Hall–Kier alpha value is -2.28. The lowest BCUT2D eigenvalue weighted by Crippen LogP contribution is -2.38. The number of nitrogens with two attached hydrogens (primary N) is 1. The van der Waals surface area contributed by atoms with Crippen molar-refractivity contribution in [3.8, 4) is 0 Å². The number of benzene rings is 3. The summed E-state index contributed by atoms with van der Waals surface area (Å²) in [5.41, 5.74) is 5.67. The average molecular weight is 409 g/mol. The Morgan fingerprint density at radius 2 is 1.65 bits per heavy atom. The van der Waals surface area contributed by atoms with Gasteiger partial charge in [-0.25, -0.2) is 8.42 Å². The Kier molecular flexibility index (Phi) is 5.09. The van der Waals surface area contributed by atoms with Crippen LogP contribution in [0.2, 0.25) is 10.0 Å². The van der Waals surface area contributed by atoms with E-state index in [1.54, 1.807) is 24.3 Å². The summed E-state index contributed by atoms with van der Waals surface area (Å²) in [4.78, 5) is 11.5. The third kappa shape index (κ3) is 3.49. The molecule has 0 aliphatic heterocycles. The zero-order valence-electron chi connectivity index (χ0n) is 13.4. The van der Waals surface area contributed by atoms with Crippen molar-refractivity contribution in [1.82, 2.24) is 0 Å². The summed E-state index contributed by atoms with van der Waals surface area (Å²) < 4.78 is 27.4. The number of nitrogens with zero attached hydrogens (tertiary/aromatic N) is 1. The number of carbonyl (C=O) groups is 1. The number of carbonyl (C=O) groups excluding carboxylic acids is 1. The van der Waals surface area contributed by atoms with Crippen molar-refractivity contribution in [3.05, 3.63) is 70.7 Å². The van der Waals surface area contributed by atoms with Crippen LogP contribution in [0.5, 0.6) is 0 Å². The van der Waals surface area contributed by atoms with Crippen molar-refractivity contribution in [2.75, 3.05) is 10.8 Å². The van der Waals surface area contributed by atoms with Crippen LogP contribution in [0.4, 0.5) is 5.69 Å². The molecule has 0 saturated carbocycles. The van der Waals surface area contributed by atoms with Crippen LogP contribution in [0.3, 0.4) is 0 Å². The lowest BCUT2D eigenvalue weighted by atomic mass is 10.1. The number of hydrogen-bond acceptors (Lipinski definition) is 3. The summed E-state index contributed by atoms with van der Waals surface area (Å²) in [6, 6.07) is 16.4. The van der Waals surface area contributed by atoms with Crippen molar-refractivity contribution in [3.63, 3.8) is 0 Å². The fourth-order valence-electron chi connectivity index (χ4n) is 2.63. The molecule has 2 N–H and O–H groups in total. The van der Waals surface area contributed by atoms with E-state index in [2.05, 4.69) is 0 Å². The molecule has 26 heavy (non-hydrogen) atoms. The first-order valence-electron chi connectivity index (χ1n) is 7.54. The monoisotopic (exact) mass is 408 g/mol. The van der Waals surface area contributed by atoms with Gasteiger partial charge in [-0.1, -0.05) is 59.6 Å². The third-order valence-corrected chi connectivity index (χ3v) is 6.31. The summed E-state index contributed by atoms with van der Waals surface area (Å²) in [6.07, 6.45) is 0. The SMILES string of the molecule is NC(=O)CN(c1cccc2ccccc12)S(=O)(=O)c1ccc(Cl)c(Cl)c1. The summed E-state index contributed by atoms with van der Waals surface area (Å²) in [7, 11) is -4.09. The molecule has 134 valence electrons. The molecule has 3 rings (SSSR count). The zero-order valence-corrected chi connectivity index (χ0v) is 15.7. The van der Waals surface area contributed by atoms with Crippen LogP contribution in [0.15, 0.2) is 65.6 Å². The van der Waals surface area contributed by atoms with Gasteiger partial charge < -0.3 is 5.73 Å². The predicted molar refractivity (Wildman–Crippen MR) is 104 cm³/mol. The standard InChI is InChI=1S/C18H14Cl2N2O3S/c19-15-9-8-13(10-16(15)20)26(24,25)22(11-18(21)23)17-7-3-5-12-4-1-2-6-14(12)17/h1-10H,11H2,(H2,21,23). The highest BCUT2D eigenvalue weighted by Gasteiger charge is 2.28. The van der Waals surface area contributed by atoms with E-state index in [-0.39, 0.29) is 14.9 Å². The molecule has 8 heteroatoms. The van der Waals surface area contributed by atoms with Crippen molar-refractivity contribution in [2.45, 2.75) is 4.90 Å². The highest BCUT2D eigenvalue weighted by atomic mass is 35.5. The number of rotatable bonds is 5. The molecule has 3 aromatic carbocycles. The molecular weight excluding hydrogens is 395 g/mol. The van der Waals surface area contributed by atoms with Crippen molar-refractivity contribution in [1.29, 1.82) is 0 Å². The smallest absolute Gasteiger partial charge is 0.264 e. The molecular formula is C18H14Cl2N2O3S. The van der Waals surface area contributed by atoms with E-state index in [1.165, 1.54) is 18.2 Å². The Morgan fingerprint density at radius 1 is 0.962 bits per heavy atom. The molecule has 0 aliphatic rings. The lowest BCUT2D eigenvalue weighted by Gasteiger charge is -2.24. The Balaban J connectivity index is 2.22.